The van der Waals surface area contributed by atoms with E-state index < -0.39 is 0 Å². The molecule has 7 heteroatoms. The van der Waals surface area contributed by atoms with Crippen LogP contribution in [0.25, 0.3) is 5.69 Å². The molecule has 0 spiro atoms. The maximum atomic E-state index is 12.5. The van der Waals surface area contributed by atoms with Crippen LogP contribution in [0.1, 0.15) is 42.2 Å². The zero-order valence-electron chi connectivity index (χ0n) is 14.0. The quantitative estimate of drug-likeness (QED) is 0.782. The van der Waals surface area contributed by atoms with Crippen molar-refractivity contribution in [1.82, 2.24) is 15.1 Å². The van der Waals surface area contributed by atoms with Crippen LogP contribution in [0.15, 0.2) is 30.5 Å². The fourth-order valence-corrected chi connectivity index (χ4v) is 2.65. The Morgan fingerprint density at radius 2 is 2.21 bits per heavy atom. The Bertz CT molecular complexity index is 672. The molecule has 0 bridgehead atoms. The first-order valence-corrected chi connectivity index (χ1v) is 8.26. The first-order chi connectivity index (χ1) is 11.1. The smallest absolute Gasteiger partial charge is 0.255 e. The van der Waals surface area contributed by atoms with E-state index in [0.717, 1.165) is 30.6 Å². The molecule has 0 aliphatic carbocycles. The van der Waals surface area contributed by atoms with Gasteiger partial charge in [0.1, 0.15) is 0 Å². The van der Waals surface area contributed by atoms with Gasteiger partial charge in [0.25, 0.3) is 5.91 Å². The Morgan fingerprint density at radius 1 is 1.46 bits per heavy atom. The van der Waals surface area contributed by atoms with Gasteiger partial charge in [0.15, 0.2) is 0 Å². The lowest BCUT2D eigenvalue weighted by atomic mass is 10.1. The van der Waals surface area contributed by atoms with Gasteiger partial charge in [-0.1, -0.05) is 37.4 Å². The monoisotopic (exact) mass is 370 g/mol. The van der Waals surface area contributed by atoms with E-state index >= 15 is 0 Å². The number of hydrogen-bond acceptors (Lipinski definition) is 3. The van der Waals surface area contributed by atoms with Crippen molar-refractivity contribution >= 4 is 29.9 Å². The minimum Gasteiger partial charge on any atom is -0.348 e. The van der Waals surface area contributed by atoms with Gasteiger partial charge in [-0.3, -0.25) is 4.79 Å². The number of amides is 1. The highest BCUT2D eigenvalue weighted by molar-refractivity contribution is 6.30. The average Bonchev–Trinajstić information content (AvgIpc) is 2.93. The van der Waals surface area contributed by atoms with Crippen molar-refractivity contribution in [3.63, 3.8) is 0 Å². The number of nitrogens with zero attached hydrogens (tertiary/aromatic N) is 2. The van der Waals surface area contributed by atoms with Crippen LogP contribution in [0.2, 0.25) is 5.02 Å². The van der Waals surface area contributed by atoms with E-state index in [9.17, 15) is 4.79 Å². The third-order valence-electron chi connectivity index (χ3n) is 3.83. The summed E-state index contributed by atoms with van der Waals surface area (Å²) in [7, 11) is 0. The number of nitrogens with two attached hydrogens (primary N) is 1. The number of unbranched alkanes of at least 4 members (excludes halogenated alkanes) is 1. The molecular formula is C17H24Cl2N4O. The number of carbonyl (C=O) groups is 1. The van der Waals surface area contributed by atoms with Crippen molar-refractivity contribution in [2.24, 2.45) is 5.73 Å². The largest absolute Gasteiger partial charge is 0.348 e. The van der Waals surface area contributed by atoms with Gasteiger partial charge >= 0.3 is 0 Å². The predicted molar refractivity (Wildman–Crippen MR) is 100 cm³/mol. The molecule has 0 saturated carbocycles. The summed E-state index contributed by atoms with van der Waals surface area (Å²) in [4.78, 5) is 12.5. The molecule has 1 aromatic heterocycles. The van der Waals surface area contributed by atoms with E-state index in [4.69, 9.17) is 17.3 Å². The van der Waals surface area contributed by atoms with E-state index in [1.807, 2.05) is 25.1 Å². The Balaban J connectivity index is 0.00000288. The predicted octanol–water partition coefficient (Wildman–Crippen LogP) is 3.50. The van der Waals surface area contributed by atoms with Gasteiger partial charge in [0.2, 0.25) is 0 Å². The molecule has 3 N–H and O–H groups in total. The molecule has 1 atom stereocenters. The lowest BCUT2D eigenvalue weighted by molar-refractivity contribution is 0.0935. The highest BCUT2D eigenvalue weighted by Gasteiger charge is 2.18. The molecule has 1 amide bonds. The molecule has 0 fully saturated rings. The zero-order chi connectivity index (χ0) is 16.8. The van der Waals surface area contributed by atoms with Crippen LogP contribution in [0.4, 0.5) is 0 Å². The molecule has 132 valence electrons. The van der Waals surface area contributed by atoms with Gasteiger partial charge in [-0.25, -0.2) is 4.68 Å². The summed E-state index contributed by atoms with van der Waals surface area (Å²) >= 11 is 6.02. The molecule has 5 nitrogen and oxygen atoms in total. The number of nitrogens with one attached hydrogen (secondary N) is 1. The van der Waals surface area contributed by atoms with Crippen LogP contribution in [0.5, 0.6) is 0 Å². The molecule has 0 aliphatic rings. The van der Waals surface area contributed by atoms with Crippen molar-refractivity contribution in [2.45, 2.75) is 39.2 Å². The van der Waals surface area contributed by atoms with Gasteiger partial charge in [0.05, 0.1) is 23.1 Å². The van der Waals surface area contributed by atoms with Gasteiger partial charge in [-0.2, -0.15) is 5.10 Å². The first kappa shape index (κ1) is 20.5. The topological polar surface area (TPSA) is 72.9 Å². The Labute approximate surface area is 154 Å². The minimum absolute atomic E-state index is 0. The van der Waals surface area contributed by atoms with Crippen LogP contribution in [-0.4, -0.2) is 28.3 Å². The van der Waals surface area contributed by atoms with Crippen LogP contribution >= 0.6 is 24.0 Å². The number of rotatable bonds is 7. The number of halogens is 2. The molecule has 0 aliphatic heterocycles. The second-order valence-corrected chi connectivity index (χ2v) is 6.02. The molecule has 1 heterocycles. The standard InChI is InChI=1S/C17H23ClN4O.ClH/c1-3-4-7-14(10-19)21-17(23)16-11-20-22(12(16)2)15-8-5-6-13(18)9-15;/h5-6,8-9,11,14H,3-4,7,10,19H2,1-2H3,(H,21,23);1H. The Hall–Kier alpha value is -1.56. The molecule has 1 unspecified atom stereocenters. The summed E-state index contributed by atoms with van der Waals surface area (Å²) in [6.07, 6.45) is 4.60. The molecule has 24 heavy (non-hydrogen) atoms. The van der Waals surface area contributed by atoms with Gasteiger partial charge in [-0.05, 0) is 31.5 Å². The fourth-order valence-electron chi connectivity index (χ4n) is 2.46. The van der Waals surface area contributed by atoms with E-state index in [-0.39, 0.29) is 24.4 Å². The van der Waals surface area contributed by atoms with Crippen LogP contribution in [0.3, 0.4) is 0 Å². The lowest BCUT2D eigenvalue weighted by Gasteiger charge is -2.16. The van der Waals surface area contributed by atoms with Crippen molar-refractivity contribution < 1.29 is 4.79 Å². The molecular weight excluding hydrogens is 347 g/mol. The fraction of sp³-hybridized carbons (Fsp3) is 0.412. The summed E-state index contributed by atoms with van der Waals surface area (Å²) in [6, 6.07) is 7.37. The third-order valence-corrected chi connectivity index (χ3v) is 4.07. The number of hydrogen-bond donors (Lipinski definition) is 2. The number of carbonyl (C=O) groups excluding carboxylic acids is 1. The highest BCUT2D eigenvalue weighted by atomic mass is 35.5. The van der Waals surface area contributed by atoms with Crippen LogP contribution in [0, 0.1) is 6.92 Å². The van der Waals surface area contributed by atoms with Crippen LogP contribution in [-0.2, 0) is 0 Å². The molecule has 0 radical (unpaired) electrons. The van der Waals surface area contributed by atoms with E-state index in [0.29, 0.717) is 17.1 Å². The zero-order valence-corrected chi connectivity index (χ0v) is 15.5. The maximum absolute atomic E-state index is 12.5. The summed E-state index contributed by atoms with van der Waals surface area (Å²) in [5.41, 5.74) is 7.90. The van der Waals surface area contributed by atoms with Crippen molar-refractivity contribution in [2.75, 3.05) is 6.54 Å². The summed E-state index contributed by atoms with van der Waals surface area (Å²) in [5, 5.41) is 7.93. The second kappa shape index (κ2) is 9.67. The highest BCUT2D eigenvalue weighted by Crippen LogP contribution is 2.18. The molecule has 2 rings (SSSR count). The van der Waals surface area contributed by atoms with E-state index in [2.05, 4.69) is 17.3 Å². The Morgan fingerprint density at radius 3 is 2.83 bits per heavy atom. The second-order valence-electron chi connectivity index (χ2n) is 5.58. The van der Waals surface area contributed by atoms with Gasteiger partial charge < -0.3 is 11.1 Å². The summed E-state index contributed by atoms with van der Waals surface area (Å²) in [5.74, 6) is -0.137. The average molecular weight is 371 g/mol. The lowest BCUT2D eigenvalue weighted by Crippen LogP contribution is -2.40. The van der Waals surface area contributed by atoms with Crippen LogP contribution < -0.4 is 11.1 Å². The first-order valence-electron chi connectivity index (χ1n) is 7.88. The minimum atomic E-state index is -0.137. The Kier molecular flexibility index (Phi) is 8.25. The molecule has 2 aromatic rings. The van der Waals surface area contributed by atoms with Gasteiger partial charge in [-0.15, -0.1) is 12.4 Å². The molecule has 1 aromatic carbocycles. The van der Waals surface area contributed by atoms with E-state index in [1.54, 1.807) is 16.9 Å². The van der Waals surface area contributed by atoms with Crippen molar-refractivity contribution in [3.8, 4) is 5.69 Å². The summed E-state index contributed by atoms with van der Waals surface area (Å²) < 4.78 is 1.71. The van der Waals surface area contributed by atoms with E-state index in [1.165, 1.54) is 0 Å². The van der Waals surface area contributed by atoms with Crippen molar-refractivity contribution in [1.29, 1.82) is 0 Å². The molecule has 0 saturated heterocycles. The summed E-state index contributed by atoms with van der Waals surface area (Å²) in [6.45, 7) is 4.42. The number of benzene rings is 1. The van der Waals surface area contributed by atoms with Crippen molar-refractivity contribution in [3.05, 3.63) is 46.7 Å². The van der Waals surface area contributed by atoms with Gasteiger partial charge in [0, 0.05) is 17.6 Å². The number of aromatic nitrogens is 2. The third kappa shape index (κ3) is 4.97. The maximum Gasteiger partial charge on any atom is 0.255 e. The normalized spacial score (nSPS) is 11.7. The SMILES string of the molecule is CCCCC(CN)NC(=O)c1cnn(-c2cccc(Cl)c2)c1C.Cl.